The minimum absolute atomic E-state index is 0.154. The van der Waals surface area contributed by atoms with Crippen molar-refractivity contribution in [3.8, 4) is 0 Å². The first-order chi connectivity index (χ1) is 13.8. The fourth-order valence-corrected chi connectivity index (χ4v) is 3.74. The van der Waals surface area contributed by atoms with E-state index in [0.29, 0.717) is 16.1 Å². The Morgan fingerprint density at radius 3 is 1.79 bits per heavy atom. The second-order valence-electron chi connectivity index (χ2n) is 7.10. The number of rotatable bonds is 8. The molecule has 2 unspecified atom stereocenters. The molecule has 0 aliphatic heterocycles. The molecule has 0 amide bonds. The third-order valence-electron chi connectivity index (χ3n) is 4.99. The van der Waals surface area contributed by atoms with Gasteiger partial charge in [0, 0.05) is 22.4 Å². The number of hydrogen-bond donors (Lipinski definition) is 0. The van der Waals surface area contributed by atoms with Crippen LogP contribution in [0.3, 0.4) is 0 Å². The minimum Gasteiger partial charge on any atom is -0.468 e. The molecule has 6 heteroatoms. The molecule has 0 bridgehead atoms. The van der Waals surface area contributed by atoms with Gasteiger partial charge < -0.3 is 9.47 Å². The lowest BCUT2D eigenvalue weighted by Gasteiger charge is -2.33. The summed E-state index contributed by atoms with van der Waals surface area (Å²) in [5, 5.41) is 0.510. The molecule has 0 fully saturated rings. The molecule has 2 aromatic rings. The number of carbonyl (C=O) groups excluding carboxylic acids is 3. The smallest absolute Gasteiger partial charge is 0.320 e. The normalized spacial score (nSPS) is 13.1. The summed E-state index contributed by atoms with van der Waals surface area (Å²) >= 11 is 6.03. The summed E-state index contributed by atoms with van der Waals surface area (Å²) in [5.41, 5.74) is 1.15. The molecule has 2 aromatic carbocycles. The number of methoxy groups -OCH3 is 2. The zero-order valence-electron chi connectivity index (χ0n) is 16.9. The molecule has 0 radical (unpaired) electrons. The van der Waals surface area contributed by atoms with E-state index in [4.69, 9.17) is 21.1 Å². The predicted octanol–water partition coefficient (Wildman–Crippen LogP) is 4.54. The van der Waals surface area contributed by atoms with Crippen molar-refractivity contribution in [1.82, 2.24) is 0 Å². The van der Waals surface area contributed by atoms with Gasteiger partial charge in [0.2, 0.25) is 0 Å². The quantitative estimate of drug-likeness (QED) is 0.359. The minimum atomic E-state index is -1.29. The van der Waals surface area contributed by atoms with Crippen molar-refractivity contribution in [3.63, 3.8) is 0 Å². The molecule has 0 spiro atoms. The maximum Gasteiger partial charge on any atom is 0.320 e. The van der Waals surface area contributed by atoms with Gasteiger partial charge in [-0.15, -0.1) is 0 Å². The van der Waals surface area contributed by atoms with E-state index < -0.39 is 29.7 Å². The van der Waals surface area contributed by atoms with Gasteiger partial charge in [-0.2, -0.15) is 0 Å². The van der Waals surface area contributed by atoms with E-state index >= 15 is 0 Å². The second-order valence-corrected chi connectivity index (χ2v) is 7.54. The van der Waals surface area contributed by atoms with Gasteiger partial charge in [-0.1, -0.05) is 67.9 Å². The highest BCUT2D eigenvalue weighted by Crippen LogP contribution is 2.40. The highest BCUT2D eigenvalue weighted by Gasteiger charge is 2.45. The van der Waals surface area contributed by atoms with Crippen LogP contribution < -0.4 is 0 Å². The van der Waals surface area contributed by atoms with E-state index in [2.05, 4.69) is 0 Å². The summed E-state index contributed by atoms with van der Waals surface area (Å²) < 4.78 is 9.80. The van der Waals surface area contributed by atoms with Crippen molar-refractivity contribution in [2.75, 3.05) is 14.2 Å². The topological polar surface area (TPSA) is 69.7 Å². The van der Waals surface area contributed by atoms with E-state index in [1.54, 1.807) is 48.5 Å². The summed E-state index contributed by atoms with van der Waals surface area (Å²) in [6.45, 7) is 3.78. The van der Waals surface area contributed by atoms with E-state index in [9.17, 15) is 14.4 Å². The Labute approximate surface area is 176 Å². The third-order valence-corrected chi connectivity index (χ3v) is 5.24. The highest BCUT2D eigenvalue weighted by atomic mass is 35.5. The number of ether oxygens (including phenoxy) is 2. The Balaban J connectivity index is 2.67. The summed E-state index contributed by atoms with van der Waals surface area (Å²) in [4.78, 5) is 38.7. The van der Waals surface area contributed by atoms with Gasteiger partial charge >= 0.3 is 11.9 Å². The standard InChI is InChI=1S/C23H25ClO5/c1-14(2)18(21(25)16-8-6-5-7-9-16)19(15-10-12-17(24)13-11-15)20(22(26)28-3)23(27)29-4/h5-14,18-20H,1-4H3. The van der Waals surface area contributed by atoms with Crippen molar-refractivity contribution < 1.29 is 23.9 Å². The number of hydrogen-bond acceptors (Lipinski definition) is 5. The van der Waals surface area contributed by atoms with Crippen LogP contribution in [0.1, 0.15) is 35.7 Å². The number of esters is 2. The molecule has 29 heavy (non-hydrogen) atoms. The Morgan fingerprint density at radius 2 is 1.34 bits per heavy atom. The summed E-state index contributed by atoms with van der Waals surface area (Å²) in [6.07, 6.45) is 0. The van der Waals surface area contributed by atoms with Gasteiger partial charge in [-0.3, -0.25) is 14.4 Å². The molecule has 2 rings (SSSR count). The zero-order valence-corrected chi connectivity index (χ0v) is 17.7. The van der Waals surface area contributed by atoms with Crippen LogP contribution in [0, 0.1) is 17.8 Å². The molecule has 0 aliphatic carbocycles. The molecular formula is C23H25ClO5. The number of Topliss-reactive ketones (excluding diaryl/α,β-unsaturated/α-hetero) is 1. The third kappa shape index (κ3) is 5.24. The highest BCUT2D eigenvalue weighted by molar-refractivity contribution is 6.30. The lowest BCUT2D eigenvalue weighted by atomic mass is 9.69. The zero-order chi connectivity index (χ0) is 21.6. The molecule has 154 valence electrons. The molecule has 0 N–H and O–H groups in total. The van der Waals surface area contributed by atoms with E-state index in [1.807, 2.05) is 19.9 Å². The molecular weight excluding hydrogens is 392 g/mol. The first kappa shape index (κ1) is 22.6. The maximum absolute atomic E-state index is 13.5. The second kappa shape index (κ2) is 10.2. The van der Waals surface area contributed by atoms with Crippen LogP contribution in [-0.4, -0.2) is 31.9 Å². The summed E-state index contributed by atoms with van der Waals surface area (Å²) in [6, 6.07) is 15.6. The Morgan fingerprint density at radius 1 is 0.828 bits per heavy atom. The summed E-state index contributed by atoms with van der Waals surface area (Å²) in [5.74, 6) is -4.54. The van der Waals surface area contributed by atoms with Gasteiger partial charge in [0.05, 0.1) is 14.2 Å². The van der Waals surface area contributed by atoms with Crippen LogP contribution >= 0.6 is 11.6 Å². The van der Waals surface area contributed by atoms with Crippen LogP contribution in [0.4, 0.5) is 0 Å². The van der Waals surface area contributed by atoms with Crippen LogP contribution in [0.15, 0.2) is 54.6 Å². The SMILES string of the molecule is COC(=O)C(C(=O)OC)C(c1ccc(Cl)cc1)C(C(=O)c1ccccc1)C(C)C. The van der Waals surface area contributed by atoms with Crippen molar-refractivity contribution in [2.24, 2.45) is 17.8 Å². The van der Waals surface area contributed by atoms with Gasteiger partial charge in [0.25, 0.3) is 0 Å². The van der Waals surface area contributed by atoms with Gasteiger partial charge in [-0.05, 0) is 23.6 Å². The van der Waals surface area contributed by atoms with Crippen LogP contribution in [0.25, 0.3) is 0 Å². The first-order valence-electron chi connectivity index (χ1n) is 9.32. The molecule has 0 saturated carbocycles. The van der Waals surface area contributed by atoms with E-state index in [-0.39, 0.29) is 11.7 Å². The van der Waals surface area contributed by atoms with Crippen molar-refractivity contribution in [2.45, 2.75) is 19.8 Å². The van der Waals surface area contributed by atoms with Gasteiger partial charge in [0.1, 0.15) is 0 Å². The van der Waals surface area contributed by atoms with Crippen molar-refractivity contribution in [1.29, 1.82) is 0 Å². The fourth-order valence-electron chi connectivity index (χ4n) is 3.61. The molecule has 0 aromatic heterocycles. The van der Waals surface area contributed by atoms with Crippen LogP contribution in [0.5, 0.6) is 0 Å². The van der Waals surface area contributed by atoms with Crippen LogP contribution in [0.2, 0.25) is 5.02 Å². The Bertz CT molecular complexity index is 829. The molecule has 0 aliphatic rings. The van der Waals surface area contributed by atoms with Crippen LogP contribution in [-0.2, 0) is 19.1 Å². The Hall–Kier alpha value is -2.66. The molecule has 5 nitrogen and oxygen atoms in total. The van der Waals surface area contributed by atoms with E-state index in [0.717, 1.165) is 0 Å². The predicted molar refractivity (Wildman–Crippen MR) is 111 cm³/mol. The lowest BCUT2D eigenvalue weighted by molar-refractivity contribution is -0.160. The van der Waals surface area contributed by atoms with Gasteiger partial charge in [0.15, 0.2) is 11.7 Å². The average Bonchev–Trinajstić information content (AvgIpc) is 2.73. The maximum atomic E-state index is 13.5. The molecule has 0 heterocycles. The monoisotopic (exact) mass is 416 g/mol. The Kier molecular flexibility index (Phi) is 7.97. The van der Waals surface area contributed by atoms with Crippen molar-refractivity contribution in [3.05, 3.63) is 70.7 Å². The first-order valence-corrected chi connectivity index (χ1v) is 9.70. The average molecular weight is 417 g/mol. The molecule has 0 saturated heterocycles. The van der Waals surface area contributed by atoms with Crippen molar-refractivity contribution >= 4 is 29.3 Å². The van der Waals surface area contributed by atoms with Gasteiger partial charge in [-0.25, -0.2) is 0 Å². The lowest BCUT2D eigenvalue weighted by Crippen LogP contribution is -2.40. The molecule has 2 atom stereocenters. The largest absolute Gasteiger partial charge is 0.468 e. The number of benzene rings is 2. The fraction of sp³-hybridized carbons (Fsp3) is 0.348. The summed E-state index contributed by atoms with van der Waals surface area (Å²) in [7, 11) is 2.42. The number of carbonyl (C=O) groups is 3. The number of ketones is 1. The van der Waals surface area contributed by atoms with E-state index in [1.165, 1.54) is 14.2 Å². The number of halogens is 1.